The van der Waals surface area contributed by atoms with E-state index in [1.165, 1.54) is 34.4 Å². The van der Waals surface area contributed by atoms with Crippen molar-refractivity contribution >= 4 is 72.9 Å². The molecule has 2 aliphatic carbocycles. The lowest BCUT2D eigenvalue weighted by Gasteiger charge is -2.29. The number of carbonyl (C=O) groups excluding carboxylic acids is 4. The third-order valence-corrected chi connectivity index (χ3v) is 16.1. The number of para-hydroxylation sites is 1. The van der Waals surface area contributed by atoms with Gasteiger partial charge in [0.1, 0.15) is 62.5 Å². The Labute approximate surface area is 441 Å². The van der Waals surface area contributed by atoms with Gasteiger partial charge in [0, 0.05) is 42.3 Å². The molecule has 3 aliphatic rings. The molecular weight excluding hydrogens is 1000 g/mol. The summed E-state index contributed by atoms with van der Waals surface area (Å²) in [6, 6.07) is 11.0. The predicted molar refractivity (Wildman–Crippen MR) is 284 cm³/mol. The van der Waals surface area contributed by atoms with E-state index >= 15 is 0 Å². The molecule has 5 atom stereocenters. The maximum atomic E-state index is 14.6. The van der Waals surface area contributed by atoms with Crippen LogP contribution < -0.4 is 35.9 Å². The van der Waals surface area contributed by atoms with Crippen molar-refractivity contribution < 1.29 is 56.4 Å². The van der Waals surface area contributed by atoms with Crippen molar-refractivity contribution in [3.05, 3.63) is 66.2 Å². The van der Waals surface area contributed by atoms with Crippen LogP contribution in [0.4, 0.5) is 20.3 Å². The Hall–Kier alpha value is -6.68. The molecule has 4 aromatic rings. The van der Waals surface area contributed by atoms with E-state index in [1.54, 1.807) is 64.3 Å². The highest BCUT2D eigenvalue weighted by molar-refractivity contribution is 7.90. The summed E-state index contributed by atoms with van der Waals surface area (Å²) in [4.78, 5) is 77.4. The number of hydrogen-bond donors (Lipinski definition) is 6. The largest absolute Gasteiger partial charge is 0.497 e. The van der Waals surface area contributed by atoms with Gasteiger partial charge in [-0.05, 0) is 90.0 Å². The number of ether oxygens (including phenoxy) is 4. The van der Waals surface area contributed by atoms with Gasteiger partial charge in [-0.1, -0.05) is 57.7 Å². The number of rotatable bonds is 23. The molecule has 2 aromatic heterocycles. The number of anilines is 2. The Balaban J connectivity index is 0.993. The average Bonchev–Trinajstić information content (AvgIpc) is 3.71. The Morgan fingerprint density at radius 3 is 2.39 bits per heavy atom. The molecule has 3 heterocycles. The SMILES string of the molecule is C=C[C@@H]1C[C@]1(NC(=O)[C@@H]1C[C@@H](Oc2cc(-c3nc(C(C)C)sc3N)nc3cc(OC)ccc23)CN1C(=O)OC(C)(C)C)C(=O)NS(=O)(=O)c1ccccc1NCCCCCCC[C@H](NC(=O)OC1CCCC1)C(=O)O. The standard InChI is InChI=1S/C53H70N8O12S2/c1-8-32-29-53(32,49(65)60-75(68,69)43-22-16-15-20-37(43)55-25-17-11-9-10-12-21-38(48(63)64)57-50(66)72-33-18-13-14-19-33)59-46(62)41-27-35(30-61(41)51(67)73-52(4,5)6)71-42-28-40(44-45(54)74-47(58-44)31(2)3)56-39-26-34(70-7)23-24-36(39)42/h8,15-16,20,22-24,26,28,31-33,35,38,41,55H,1,9-14,17-19,21,25,27,29-30,54H2,2-7H3,(H,57,66)(H,59,62)(H,60,65)(H,63,64)/t32-,35-,38+,41+,53-/m1/s1. The fourth-order valence-electron chi connectivity index (χ4n) is 9.41. The molecule has 0 spiro atoms. The van der Waals surface area contributed by atoms with Gasteiger partial charge in [0.2, 0.25) is 5.91 Å². The Bertz CT molecular complexity index is 2860. The number of thiazole rings is 1. The van der Waals surface area contributed by atoms with Gasteiger partial charge in [0.05, 0.1) is 35.6 Å². The second-order valence-electron chi connectivity index (χ2n) is 20.7. The molecule has 7 rings (SSSR count). The maximum Gasteiger partial charge on any atom is 0.411 e. The molecule has 406 valence electrons. The number of carbonyl (C=O) groups is 5. The van der Waals surface area contributed by atoms with Crippen molar-refractivity contribution in [1.29, 1.82) is 0 Å². The van der Waals surface area contributed by atoms with Crippen molar-refractivity contribution in [2.45, 2.75) is 158 Å². The zero-order chi connectivity index (χ0) is 54.2. The number of nitrogens with two attached hydrogens (primary N) is 1. The van der Waals surface area contributed by atoms with Crippen LogP contribution in [0.2, 0.25) is 0 Å². The topological polar surface area (TPSA) is 280 Å². The lowest BCUT2D eigenvalue weighted by atomic mass is 10.1. The molecule has 3 fully saturated rings. The number of pyridine rings is 1. The Morgan fingerprint density at radius 2 is 1.72 bits per heavy atom. The van der Waals surface area contributed by atoms with E-state index in [9.17, 15) is 37.5 Å². The number of nitrogens with zero attached hydrogens (tertiary/aromatic N) is 3. The lowest BCUT2D eigenvalue weighted by Crippen LogP contribution is -2.56. The van der Waals surface area contributed by atoms with Crippen LogP contribution in [0.3, 0.4) is 0 Å². The molecule has 7 N–H and O–H groups in total. The zero-order valence-corrected chi connectivity index (χ0v) is 45.1. The van der Waals surface area contributed by atoms with Crippen LogP contribution in [0.1, 0.15) is 123 Å². The number of benzene rings is 2. The fraction of sp³-hybridized carbons (Fsp3) is 0.528. The van der Waals surface area contributed by atoms with Crippen LogP contribution in [0.25, 0.3) is 22.3 Å². The predicted octanol–water partition coefficient (Wildman–Crippen LogP) is 8.27. The molecule has 20 nitrogen and oxygen atoms in total. The van der Waals surface area contributed by atoms with Crippen molar-refractivity contribution in [3.63, 3.8) is 0 Å². The van der Waals surface area contributed by atoms with Gasteiger partial charge >= 0.3 is 18.2 Å². The molecule has 22 heteroatoms. The van der Waals surface area contributed by atoms with E-state index in [1.807, 2.05) is 13.8 Å². The third-order valence-electron chi connectivity index (χ3n) is 13.5. The number of hydrogen-bond acceptors (Lipinski definition) is 16. The molecule has 75 heavy (non-hydrogen) atoms. The average molecular weight is 1080 g/mol. The number of aromatic nitrogens is 2. The first-order valence-corrected chi connectivity index (χ1v) is 27.9. The van der Waals surface area contributed by atoms with Crippen LogP contribution in [-0.2, 0) is 33.9 Å². The minimum Gasteiger partial charge on any atom is -0.497 e. The van der Waals surface area contributed by atoms with Crippen LogP contribution in [0, 0.1) is 5.92 Å². The highest BCUT2D eigenvalue weighted by atomic mass is 32.2. The number of amides is 4. The van der Waals surface area contributed by atoms with Gasteiger partial charge in [-0.25, -0.2) is 37.5 Å². The van der Waals surface area contributed by atoms with Gasteiger partial charge in [-0.2, -0.15) is 0 Å². The minimum atomic E-state index is -4.51. The number of methoxy groups -OCH3 is 1. The minimum absolute atomic E-state index is 0.0223. The van der Waals surface area contributed by atoms with Gasteiger partial charge in [0.15, 0.2) is 0 Å². The molecular formula is C53H70N8O12S2. The number of fused-ring (bicyclic) bond motifs is 1. The number of nitrogen functional groups attached to an aromatic ring is 1. The number of unbranched alkanes of at least 4 members (excludes halogenated alkanes) is 4. The molecule has 1 aliphatic heterocycles. The summed E-state index contributed by atoms with van der Waals surface area (Å²) in [6.45, 7) is 13.3. The molecule has 0 bridgehead atoms. The Morgan fingerprint density at radius 1 is 1.00 bits per heavy atom. The Kier molecular flexibility index (Phi) is 17.9. The normalized spacial score (nSPS) is 20.0. The highest BCUT2D eigenvalue weighted by Gasteiger charge is 2.61. The van der Waals surface area contributed by atoms with Crippen LogP contribution in [-0.4, -0.2) is 114 Å². The smallest absolute Gasteiger partial charge is 0.411 e. The molecule has 2 saturated carbocycles. The van der Waals surface area contributed by atoms with Crippen molar-refractivity contribution in [3.8, 4) is 22.9 Å². The molecule has 2 aromatic carbocycles. The van der Waals surface area contributed by atoms with Gasteiger partial charge < -0.3 is 45.7 Å². The van der Waals surface area contributed by atoms with E-state index < -0.39 is 75.2 Å². The van der Waals surface area contributed by atoms with Crippen LogP contribution in [0.5, 0.6) is 11.5 Å². The summed E-state index contributed by atoms with van der Waals surface area (Å²) in [5.41, 5.74) is 5.58. The van der Waals surface area contributed by atoms with Crippen LogP contribution >= 0.6 is 11.3 Å². The summed E-state index contributed by atoms with van der Waals surface area (Å²) in [7, 11) is -2.96. The molecule has 4 amide bonds. The number of nitrogens with one attached hydrogen (secondary N) is 4. The number of alkyl carbamates (subject to hydrolysis) is 1. The fourth-order valence-corrected chi connectivity index (χ4v) is 11.5. The molecule has 0 radical (unpaired) electrons. The van der Waals surface area contributed by atoms with Crippen molar-refractivity contribution in [2.24, 2.45) is 5.92 Å². The summed E-state index contributed by atoms with van der Waals surface area (Å²) >= 11 is 1.37. The molecule has 0 unspecified atom stereocenters. The zero-order valence-electron chi connectivity index (χ0n) is 43.4. The van der Waals surface area contributed by atoms with E-state index in [0.29, 0.717) is 58.2 Å². The maximum absolute atomic E-state index is 14.6. The second kappa shape index (κ2) is 23.9. The first-order chi connectivity index (χ1) is 35.6. The first kappa shape index (κ1) is 56.1. The monoisotopic (exact) mass is 1070 g/mol. The van der Waals surface area contributed by atoms with Crippen LogP contribution in [0.15, 0.2) is 66.1 Å². The van der Waals surface area contributed by atoms with E-state index in [2.05, 4.69) is 27.3 Å². The van der Waals surface area contributed by atoms with Gasteiger partial charge in [-0.15, -0.1) is 17.9 Å². The number of carboxylic acids is 1. The van der Waals surface area contributed by atoms with E-state index in [4.69, 9.17) is 34.6 Å². The van der Waals surface area contributed by atoms with Gasteiger partial charge in [0.25, 0.3) is 15.9 Å². The van der Waals surface area contributed by atoms with Crippen molar-refractivity contribution in [1.82, 2.24) is 30.2 Å². The van der Waals surface area contributed by atoms with Crippen molar-refractivity contribution in [2.75, 3.05) is 31.2 Å². The number of aliphatic carboxylic acids is 1. The molecule has 1 saturated heterocycles. The summed E-state index contributed by atoms with van der Waals surface area (Å²) < 4.78 is 53.6. The van der Waals surface area contributed by atoms with E-state index in [0.717, 1.165) is 50.0 Å². The number of sulfonamides is 1. The second-order valence-corrected chi connectivity index (χ2v) is 23.4. The summed E-state index contributed by atoms with van der Waals surface area (Å²) in [5, 5.41) is 20.0. The number of likely N-dealkylation sites (tertiary alicyclic amines) is 1. The third kappa shape index (κ3) is 14.0. The highest BCUT2D eigenvalue weighted by Crippen LogP contribution is 2.46. The first-order valence-electron chi connectivity index (χ1n) is 25.6. The van der Waals surface area contributed by atoms with E-state index in [-0.39, 0.29) is 48.4 Å². The van der Waals surface area contributed by atoms with Gasteiger partial charge in [-0.3, -0.25) is 14.5 Å². The quantitative estimate of drug-likeness (QED) is 0.0301. The lowest BCUT2D eigenvalue weighted by molar-refractivity contribution is -0.139. The summed E-state index contributed by atoms with van der Waals surface area (Å²) in [5.74, 6) is -2.36. The number of carboxylic acid groups (broad SMARTS) is 1. The summed E-state index contributed by atoms with van der Waals surface area (Å²) in [6.07, 6.45) is 6.39.